The third kappa shape index (κ3) is 5.10. The lowest BCUT2D eigenvalue weighted by molar-refractivity contribution is 0.0923. The van der Waals surface area contributed by atoms with E-state index in [4.69, 9.17) is 20.8 Å². The number of nitrogens with one attached hydrogen (secondary N) is 1. The zero-order valence-electron chi connectivity index (χ0n) is 17.7. The third-order valence-electron chi connectivity index (χ3n) is 4.86. The summed E-state index contributed by atoms with van der Waals surface area (Å²) in [5.41, 5.74) is 6.64. The standard InChI is InChI=1S/C25H22ClN3O3/c1-17-6-7-18(2)29(17)21-8-10-22(11-9-21)31-16-23-12-13-24(32-23)25(30)28-27-15-19-4-3-5-20(26)14-19/h3-15H,16H2,1-2H3,(H,28,30). The number of hydrogen-bond donors (Lipinski definition) is 1. The number of amides is 1. The molecule has 0 aliphatic heterocycles. The Labute approximate surface area is 191 Å². The highest BCUT2D eigenvalue weighted by Crippen LogP contribution is 2.21. The molecule has 32 heavy (non-hydrogen) atoms. The van der Waals surface area contributed by atoms with Gasteiger partial charge in [-0.2, -0.15) is 5.10 Å². The highest BCUT2D eigenvalue weighted by Gasteiger charge is 2.11. The summed E-state index contributed by atoms with van der Waals surface area (Å²) in [4.78, 5) is 12.2. The molecule has 2 aromatic carbocycles. The molecule has 2 heterocycles. The zero-order chi connectivity index (χ0) is 22.5. The van der Waals surface area contributed by atoms with E-state index >= 15 is 0 Å². The first-order valence-corrected chi connectivity index (χ1v) is 10.4. The van der Waals surface area contributed by atoms with Crippen molar-refractivity contribution in [2.75, 3.05) is 0 Å². The van der Waals surface area contributed by atoms with E-state index in [1.165, 1.54) is 17.6 Å². The van der Waals surface area contributed by atoms with Crippen LogP contribution in [0.15, 0.2) is 82.3 Å². The van der Waals surface area contributed by atoms with E-state index in [0.717, 1.165) is 11.3 Å². The van der Waals surface area contributed by atoms with Crippen LogP contribution in [0.25, 0.3) is 5.69 Å². The topological polar surface area (TPSA) is 68.8 Å². The Morgan fingerprint density at radius 2 is 1.81 bits per heavy atom. The number of ether oxygens (including phenoxy) is 1. The molecule has 4 aromatic rings. The van der Waals surface area contributed by atoms with Crippen LogP contribution < -0.4 is 10.2 Å². The van der Waals surface area contributed by atoms with Crippen molar-refractivity contribution in [1.82, 2.24) is 9.99 Å². The lowest BCUT2D eigenvalue weighted by atomic mass is 10.2. The van der Waals surface area contributed by atoms with Gasteiger partial charge in [-0.1, -0.05) is 23.7 Å². The van der Waals surface area contributed by atoms with E-state index in [0.29, 0.717) is 16.5 Å². The second-order valence-electron chi connectivity index (χ2n) is 7.25. The summed E-state index contributed by atoms with van der Waals surface area (Å²) in [6.07, 6.45) is 1.51. The fraction of sp³-hybridized carbons (Fsp3) is 0.120. The minimum Gasteiger partial charge on any atom is -0.486 e. The van der Waals surface area contributed by atoms with Gasteiger partial charge in [0.25, 0.3) is 0 Å². The first kappa shape index (κ1) is 21.5. The van der Waals surface area contributed by atoms with Crippen LogP contribution >= 0.6 is 11.6 Å². The summed E-state index contributed by atoms with van der Waals surface area (Å²) in [5, 5.41) is 4.52. The number of carbonyl (C=O) groups excluding carboxylic acids is 1. The Hall–Kier alpha value is -3.77. The molecule has 0 saturated heterocycles. The molecule has 0 unspecified atom stereocenters. The highest BCUT2D eigenvalue weighted by atomic mass is 35.5. The van der Waals surface area contributed by atoms with E-state index in [-0.39, 0.29) is 12.4 Å². The Morgan fingerprint density at radius 1 is 1.06 bits per heavy atom. The van der Waals surface area contributed by atoms with Gasteiger partial charge in [-0.3, -0.25) is 4.79 Å². The monoisotopic (exact) mass is 447 g/mol. The van der Waals surface area contributed by atoms with Crippen molar-refractivity contribution >= 4 is 23.7 Å². The van der Waals surface area contributed by atoms with Gasteiger partial charge in [-0.05, 0) is 80.1 Å². The van der Waals surface area contributed by atoms with E-state index in [9.17, 15) is 4.79 Å². The molecule has 4 rings (SSSR count). The Bertz CT molecular complexity index is 1240. The van der Waals surface area contributed by atoms with E-state index in [2.05, 4.69) is 41.1 Å². The number of aromatic nitrogens is 1. The Balaban J connectivity index is 1.32. The Kier molecular flexibility index (Phi) is 6.42. The lowest BCUT2D eigenvalue weighted by Crippen LogP contribution is -2.16. The van der Waals surface area contributed by atoms with E-state index < -0.39 is 5.91 Å². The van der Waals surface area contributed by atoms with Crippen LogP contribution in [-0.4, -0.2) is 16.7 Å². The summed E-state index contributed by atoms with van der Waals surface area (Å²) in [6, 6.07) is 22.5. The lowest BCUT2D eigenvalue weighted by Gasteiger charge is -2.10. The van der Waals surface area contributed by atoms with Crippen molar-refractivity contribution in [2.24, 2.45) is 5.10 Å². The van der Waals surface area contributed by atoms with Crippen LogP contribution in [0.3, 0.4) is 0 Å². The molecule has 2 aromatic heterocycles. The molecular weight excluding hydrogens is 426 g/mol. The average Bonchev–Trinajstić information content (AvgIpc) is 3.39. The molecule has 1 N–H and O–H groups in total. The second-order valence-corrected chi connectivity index (χ2v) is 7.69. The normalized spacial score (nSPS) is 11.1. The molecule has 6 nitrogen and oxygen atoms in total. The molecule has 0 bridgehead atoms. The summed E-state index contributed by atoms with van der Waals surface area (Å²) >= 11 is 5.93. The average molecular weight is 448 g/mol. The largest absolute Gasteiger partial charge is 0.486 e. The van der Waals surface area contributed by atoms with Gasteiger partial charge in [0, 0.05) is 22.1 Å². The minimum absolute atomic E-state index is 0.153. The Morgan fingerprint density at radius 3 is 2.53 bits per heavy atom. The molecular formula is C25H22ClN3O3. The van der Waals surface area contributed by atoms with Gasteiger partial charge in [0.2, 0.25) is 0 Å². The first-order chi connectivity index (χ1) is 15.5. The van der Waals surface area contributed by atoms with Gasteiger partial charge < -0.3 is 13.7 Å². The van der Waals surface area contributed by atoms with Crippen LogP contribution in [0.5, 0.6) is 5.75 Å². The van der Waals surface area contributed by atoms with Crippen LogP contribution in [0.2, 0.25) is 5.02 Å². The third-order valence-corrected chi connectivity index (χ3v) is 5.10. The molecule has 7 heteroatoms. The molecule has 0 saturated carbocycles. The summed E-state index contributed by atoms with van der Waals surface area (Å²) in [6.45, 7) is 4.36. The second kappa shape index (κ2) is 9.58. The zero-order valence-corrected chi connectivity index (χ0v) is 18.5. The van der Waals surface area contributed by atoms with Gasteiger partial charge >= 0.3 is 5.91 Å². The van der Waals surface area contributed by atoms with Crippen molar-refractivity contribution in [3.05, 3.63) is 106 Å². The van der Waals surface area contributed by atoms with Crippen molar-refractivity contribution in [2.45, 2.75) is 20.5 Å². The molecule has 1 amide bonds. The minimum atomic E-state index is -0.448. The predicted molar refractivity (Wildman–Crippen MR) is 125 cm³/mol. The van der Waals surface area contributed by atoms with Gasteiger partial charge in [0.15, 0.2) is 5.76 Å². The molecule has 0 aliphatic carbocycles. The number of aryl methyl sites for hydroxylation is 2. The maximum atomic E-state index is 12.2. The fourth-order valence-electron chi connectivity index (χ4n) is 3.31. The molecule has 0 aliphatic rings. The van der Waals surface area contributed by atoms with Crippen molar-refractivity contribution < 1.29 is 13.9 Å². The summed E-state index contributed by atoms with van der Waals surface area (Å²) in [7, 11) is 0. The number of hydrazone groups is 1. The maximum absolute atomic E-state index is 12.2. The summed E-state index contributed by atoms with van der Waals surface area (Å²) in [5.74, 6) is 0.956. The van der Waals surface area contributed by atoms with Gasteiger partial charge in [-0.15, -0.1) is 0 Å². The van der Waals surface area contributed by atoms with Crippen LogP contribution in [0.1, 0.15) is 33.3 Å². The van der Waals surface area contributed by atoms with Gasteiger partial charge in [-0.25, -0.2) is 5.43 Å². The molecule has 0 fully saturated rings. The number of carbonyl (C=O) groups is 1. The predicted octanol–water partition coefficient (Wildman–Crippen LogP) is 5.68. The van der Waals surface area contributed by atoms with Crippen molar-refractivity contribution in [1.29, 1.82) is 0 Å². The quantitative estimate of drug-likeness (QED) is 0.292. The first-order valence-electron chi connectivity index (χ1n) is 10.1. The molecule has 0 spiro atoms. The number of benzene rings is 2. The smallest absolute Gasteiger partial charge is 0.307 e. The number of nitrogens with zero attached hydrogens (tertiary/aromatic N) is 2. The SMILES string of the molecule is Cc1ccc(C)n1-c1ccc(OCc2ccc(C(=O)NN=Cc3cccc(Cl)c3)o2)cc1. The summed E-state index contributed by atoms with van der Waals surface area (Å²) < 4.78 is 13.5. The van der Waals surface area contributed by atoms with Crippen LogP contribution in [-0.2, 0) is 6.61 Å². The number of rotatable bonds is 7. The van der Waals surface area contributed by atoms with Crippen LogP contribution in [0, 0.1) is 13.8 Å². The van der Waals surface area contributed by atoms with E-state index in [1.807, 2.05) is 30.3 Å². The van der Waals surface area contributed by atoms with Gasteiger partial charge in [0.05, 0.1) is 6.21 Å². The van der Waals surface area contributed by atoms with Crippen LogP contribution in [0.4, 0.5) is 0 Å². The fourth-order valence-corrected chi connectivity index (χ4v) is 3.51. The van der Waals surface area contributed by atoms with Gasteiger partial charge in [0.1, 0.15) is 18.1 Å². The van der Waals surface area contributed by atoms with Crippen molar-refractivity contribution in [3.63, 3.8) is 0 Å². The highest BCUT2D eigenvalue weighted by molar-refractivity contribution is 6.30. The maximum Gasteiger partial charge on any atom is 0.307 e. The number of hydrogen-bond acceptors (Lipinski definition) is 4. The number of halogens is 1. The molecule has 0 atom stereocenters. The molecule has 162 valence electrons. The van der Waals surface area contributed by atoms with E-state index in [1.54, 1.807) is 30.3 Å². The molecule has 0 radical (unpaired) electrons. The van der Waals surface area contributed by atoms with Crippen molar-refractivity contribution in [3.8, 4) is 11.4 Å². The number of furan rings is 1.